The van der Waals surface area contributed by atoms with Crippen LogP contribution in [0.1, 0.15) is 23.9 Å². The van der Waals surface area contributed by atoms with Gasteiger partial charge in [-0.25, -0.2) is 9.67 Å². The molecule has 0 bridgehead atoms. The lowest BCUT2D eigenvalue weighted by Gasteiger charge is -2.07. The second-order valence-electron chi connectivity index (χ2n) is 8.05. The second kappa shape index (κ2) is 10.8. The van der Waals surface area contributed by atoms with Crippen LogP contribution < -0.4 is 5.43 Å². The zero-order chi connectivity index (χ0) is 25.6. The SMILES string of the molecule is C/C(=N\Nc1nc(C)c(N=Nc2ccccc2)s1)c1nn(-c2ccccc2)c(-c2ccccc2)c1C#N. The standard InChI is InChI=1S/C28H22N8S/c1-19(31-34-28-30-20(2)27(37-28)33-32-22-14-8-4-9-15-22)25-24(18-29)26(21-12-6-3-7-13-21)36(35-25)23-16-10-5-11-17-23/h3-17H,1-2H3,(H,30,34)/b31-19+,33-32?. The van der Waals surface area contributed by atoms with E-state index in [1.807, 2.05) is 105 Å². The highest BCUT2D eigenvalue weighted by atomic mass is 32.1. The smallest absolute Gasteiger partial charge is 0.205 e. The summed E-state index contributed by atoms with van der Waals surface area (Å²) in [5.74, 6) is 0. The molecule has 1 N–H and O–H groups in total. The zero-order valence-corrected chi connectivity index (χ0v) is 21.0. The molecule has 0 radical (unpaired) electrons. The van der Waals surface area contributed by atoms with Crippen molar-refractivity contribution in [2.75, 3.05) is 5.43 Å². The number of benzene rings is 3. The summed E-state index contributed by atoms with van der Waals surface area (Å²) in [5, 5.41) is 29.3. The van der Waals surface area contributed by atoms with E-state index in [0.29, 0.717) is 32.8 Å². The molecular weight excluding hydrogens is 480 g/mol. The van der Waals surface area contributed by atoms with Crippen molar-refractivity contribution in [3.8, 4) is 23.0 Å². The molecule has 0 spiro atoms. The van der Waals surface area contributed by atoms with Gasteiger partial charge < -0.3 is 0 Å². The molecular formula is C28H22N8S. The minimum Gasteiger partial charge on any atom is -0.252 e. The first kappa shape index (κ1) is 23.8. The van der Waals surface area contributed by atoms with Crippen molar-refractivity contribution < 1.29 is 0 Å². The third-order valence-corrected chi connectivity index (χ3v) is 6.44. The number of hydrogen-bond acceptors (Lipinski definition) is 8. The van der Waals surface area contributed by atoms with Crippen LogP contribution >= 0.6 is 11.3 Å². The minimum absolute atomic E-state index is 0.450. The molecule has 2 aromatic heterocycles. The molecule has 0 aliphatic carbocycles. The molecule has 180 valence electrons. The lowest BCUT2D eigenvalue weighted by Crippen LogP contribution is -2.04. The van der Waals surface area contributed by atoms with Crippen LogP contribution in [0.2, 0.25) is 0 Å². The van der Waals surface area contributed by atoms with Gasteiger partial charge in [0.15, 0.2) is 5.00 Å². The van der Waals surface area contributed by atoms with Gasteiger partial charge in [0.1, 0.15) is 17.3 Å². The van der Waals surface area contributed by atoms with E-state index in [1.54, 1.807) is 4.68 Å². The van der Waals surface area contributed by atoms with E-state index < -0.39 is 0 Å². The fourth-order valence-electron chi connectivity index (χ4n) is 3.71. The number of para-hydroxylation sites is 1. The molecule has 0 fully saturated rings. The Labute approximate surface area is 218 Å². The summed E-state index contributed by atoms with van der Waals surface area (Å²) >= 11 is 1.35. The maximum Gasteiger partial charge on any atom is 0.205 e. The van der Waals surface area contributed by atoms with E-state index >= 15 is 0 Å². The maximum absolute atomic E-state index is 10.1. The summed E-state index contributed by atoms with van der Waals surface area (Å²) in [5.41, 5.74) is 8.48. The fourth-order valence-corrected chi connectivity index (χ4v) is 4.44. The Kier molecular flexibility index (Phi) is 6.92. The Balaban J connectivity index is 1.47. The molecule has 37 heavy (non-hydrogen) atoms. The third-order valence-electron chi connectivity index (χ3n) is 5.49. The summed E-state index contributed by atoms with van der Waals surface area (Å²) in [6.07, 6.45) is 0. The molecule has 0 aliphatic rings. The average molecular weight is 503 g/mol. The van der Waals surface area contributed by atoms with Gasteiger partial charge in [0, 0.05) is 5.56 Å². The largest absolute Gasteiger partial charge is 0.252 e. The zero-order valence-electron chi connectivity index (χ0n) is 20.2. The molecule has 2 heterocycles. The minimum atomic E-state index is 0.450. The molecule has 0 amide bonds. The lowest BCUT2D eigenvalue weighted by molar-refractivity contribution is 0.882. The molecule has 5 aromatic rings. The number of thiazole rings is 1. The third kappa shape index (κ3) is 5.19. The van der Waals surface area contributed by atoms with Crippen molar-refractivity contribution in [2.45, 2.75) is 13.8 Å². The van der Waals surface area contributed by atoms with Crippen molar-refractivity contribution in [1.82, 2.24) is 14.8 Å². The number of rotatable bonds is 7. The highest BCUT2D eigenvalue weighted by Gasteiger charge is 2.22. The number of aryl methyl sites for hydroxylation is 1. The summed E-state index contributed by atoms with van der Waals surface area (Å²) in [6.45, 7) is 3.69. The molecule has 0 unspecified atom stereocenters. The number of aromatic nitrogens is 3. The van der Waals surface area contributed by atoms with Crippen molar-refractivity contribution in [2.24, 2.45) is 15.3 Å². The number of hydrazone groups is 1. The quantitative estimate of drug-likeness (QED) is 0.142. The van der Waals surface area contributed by atoms with Gasteiger partial charge in [0.2, 0.25) is 5.13 Å². The number of anilines is 1. The van der Waals surface area contributed by atoms with Crippen LogP contribution in [0.5, 0.6) is 0 Å². The van der Waals surface area contributed by atoms with Gasteiger partial charge in [-0.05, 0) is 38.1 Å². The Bertz CT molecular complexity index is 1610. The first-order valence-corrected chi connectivity index (χ1v) is 12.3. The predicted octanol–water partition coefficient (Wildman–Crippen LogP) is 7.43. The number of azo groups is 1. The van der Waals surface area contributed by atoms with E-state index in [1.165, 1.54) is 11.3 Å². The summed E-state index contributed by atoms with van der Waals surface area (Å²) in [6, 6.07) is 31.4. The predicted molar refractivity (Wildman–Crippen MR) is 147 cm³/mol. The van der Waals surface area contributed by atoms with E-state index in [4.69, 9.17) is 5.10 Å². The van der Waals surface area contributed by atoms with Gasteiger partial charge in [0.05, 0.1) is 28.5 Å². The number of hydrogen-bond donors (Lipinski definition) is 1. The van der Waals surface area contributed by atoms with E-state index in [-0.39, 0.29) is 0 Å². The summed E-state index contributed by atoms with van der Waals surface area (Å²) < 4.78 is 1.79. The van der Waals surface area contributed by atoms with Crippen LogP contribution in [-0.4, -0.2) is 20.5 Å². The molecule has 0 atom stereocenters. The Morgan fingerprint density at radius 2 is 1.57 bits per heavy atom. The molecule has 0 saturated heterocycles. The Morgan fingerprint density at radius 1 is 0.919 bits per heavy atom. The topological polar surface area (TPSA) is 104 Å². The second-order valence-corrected chi connectivity index (χ2v) is 9.03. The van der Waals surface area contributed by atoms with Gasteiger partial charge in [-0.15, -0.1) is 10.2 Å². The fraction of sp³-hybridized carbons (Fsp3) is 0.0714. The highest BCUT2D eigenvalue weighted by molar-refractivity contribution is 7.19. The molecule has 5 rings (SSSR count). The lowest BCUT2D eigenvalue weighted by atomic mass is 10.0. The van der Waals surface area contributed by atoms with Crippen LogP contribution in [0, 0.1) is 18.3 Å². The monoisotopic (exact) mass is 502 g/mol. The normalized spacial score (nSPS) is 11.5. The first-order chi connectivity index (χ1) is 18.1. The highest BCUT2D eigenvalue weighted by Crippen LogP contribution is 2.33. The van der Waals surface area contributed by atoms with Gasteiger partial charge >= 0.3 is 0 Å². The molecule has 8 nitrogen and oxygen atoms in total. The van der Waals surface area contributed by atoms with Gasteiger partial charge in [-0.2, -0.15) is 15.5 Å². The number of nitrogens with one attached hydrogen (secondary N) is 1. The van der Waals surface area contributed by atoms with E-state index in [0.717, 1.165) is 22.6 Å². The average Bonchev–Trinajstić information content (AvgIpc) is 3.52. The maximum atomic E-state index is 10.1. The van der Waals surface area contributed by atoms with Crippen LogP contribution in [-0.2, 0) is 0 Å². The van der Waals surface area contributed by atoms with Crippen molar-refractivity contribution >= 4 is 32.9 Å². The Morgan fingerprint density at radius 3 is 2.24 bits per heavy atom. The number of nitriles is 1. The molecule has 0 saturated carbocycles. The summed E-state index contributed by atoms with van der Waals surface area (Å²) in [7, 11) is 0. The van der Waals surface area contributed by atoms with Crippen LogP contribution in [0.3, 0.4) is 0 Å². The van der Waals surface area contributed by atoms with E-state index in [2.05, 4.69) is 31.8 Å². The van der Waals surface area contributed by atoms with Gasteiger partial charge in [-0.1, -0.05) is 78.1 Å². The molecule has 3 aromatic carbocycles. The van der Waals surface area contributed by atoms with Crippen LogP contribution in [0.4, 0.5) is 15.8 Å². The van der Waals surface area contributed by atoms with Crippen molar-refractivity contribution in [3.05, 3.63) is 108 Å². The van der Waals surface area contributed by atoms with Crippen molar-refractivity contribution in [3.63, 3.8) is 0 Å². The van der Waals surface area contributed by atoms with Gasteiger partial charge in [-0.3, -0.25) is 5.43 Å². The van der Waals surface area contributed by atoms with Crippen LogP contribution in [0.15, 0.2) is 106 Å². The summed E-state index contributed by atoms with van der Waals surface area (Å²) in [4.78, 5) is 4.51. The number of nitrogens with zero attached hydrogens (tertiary/aromatic N) is 7. The molecule has 9 heteroatoms. The van der Waals surface area contributed by atoms with E-state index in [9.17, 15) is 5.26 Å². The van der Waals surface area contributed by atoms with Crippen molar-refractivity contribution in [1.29, 1.82) is 5.26 Å². The first-order valence-electron chi connectivity index (χ1n) is 11.5. The van der Waals surface area contributed by atoms with Gasteiger partial charge in [0.25, 0.3) is 0 Å². The Hall–Kier alpha value is -4.94. The van der Waals surface area contributed by atoms with Crippen LogP contribution in [0.25, 0.3) is 16.9 Å². The molecule has 0 aliphatic heterocycles.